The Hall–Kier alpha value is -2.17. The number of thiophene rings is 1. The van der Waals surface area contributed by atoms with E-state index >= 15 is 0 Å². The van der Waals surface area contributed by atoms with Crippen molar-refractivity contribution in [1.82, 2.24) is 10.6 Å². The molecule has 2 aromatic carbocycles. The molecule has 0 aliphatic carbocycles. The Bertz CT molecular complexity index is 956. The van der Waals surface area contributed by atoms with Gasteiger partial charge in [-0.15, -0.1) is 35.3 Å². The summed E-state index contributed by atoms with van der Waals surface area (Å²) >= 11 is 1.59. The Kier molecular flexibility index (Phi) is 9.54. The third kappa shape index (κ3) is 6.41. The second kappa shape index (κ2) is 11.9. The molecule has 8 heteroatoms. The third-order valence-corrected chi connectivity index (χ3v) is 5.60. The largest absolute Gasteiger partial charge is 0.462 e. The highest BCUT2D eigenvalue weighted by atomic mass is 127. The van der Waals surface area contributed by atoms with Gasteiger partial charge in [-0.05, 0) is 42.1 Å². The molecule has 1 atom stereocenters. The number of aliphatic hydroxyl groups is 1. The number of carbonyl (C=O) groups is 1. The molecule has 0 spiro atoms. The normalized spacial score (nSPS) is 12.2. The highest BCUT2D eigenvalue weighted by Crippen LogP contribution is 2.29. The van der Waals surface area contributed by atoms with Crippen LogP contribution in [0.15, 0.2) is 59.6 Å². The van der Waals surface area contributed by atoms with E-state index in [1.165, 1.54) is 0 Å². The lowest BCUT2D eigenvalue weighted by atomic mass is 10.1. The zero-order valence-electron chi connectivity index (χ0n) is 16.9. The quantitative estimate of drug-likeness (QED) is 0.182. The molecule has 160 valence electrons. The molecular formula is C22H26IN3O3S. The van der Waals surface area contributed by atoms with Gasteiger partial charge in [-0.25, -0.2) is 4.79 Å². The first-order valence-corrected chi connectivity index (χ1v) is 10.3. The van der Waals surface area contributed by atoms with Crippen molar-refractivity contribution in [2.75, 3.05) is 20.2 Å². The fraction of sp³-hybridized carbons (Fsp3) is 0.273. The van der Waals surface area contributed by atoms with Gasteiger partial charge in [0.1, 0.15) is 6.10 Å². The number of nitrogens with one attached hydrogen (secondary N) is 2. The second-order valence-electron chi connectivity index (χ2n) is 6.43. The van der Waals surface area contributed by atoms with Gasteiger partial charge in [-0.3, -0.25) is 4.99 Å². The van der Waals surface area contributed by atoms with Crippen LogP contribution in [-0.2, 0) is 11.3 Å². The van der Waals surface area contributed by atoms with Gasteiger partial charge in [0.05, 0.1) is 12.2 Å². The number of hydrogen-bond acceptors (Lipinski definition) is 5. The highest BCUT2D eigenvalue weighted by Gasteiger charge is 2.12. The molecule has 0 aliphatic rings. The van der Waals surface area contributed by atoms with E-state index in [1.54, 1.807) is 37.4 Å². The first-order valence-electron chi connectivity index (χ1n) is 9.47. The summed E-state index contributed by atoms with van der Waals surface area (Å²) in [5, 5.41) is 18.0. The minimum absolute atomic E-state index is 0. The van der Waals surface area contributed by atoms with Crippen LogP contribution >= 0.6 is 35.3 Å². The first kappa shape index (κ1) is 24.1. The van der Waals surface area contributed by atoms with Crippen LogP contribution in [-0.4, -0.2) is 37.2 Å². The number of aliphatic hydroxyl groups excluding tert-OH is 1. The summed E-state index contributed by atoms with van der Waals surface area (Å²) in [6.07, 6.45) is -0.616. The maximum atomic E-state index is 11.7. The van der Waals surface area contributed by atoms with Gasteiger partial charge in [0.15, 0.2) is 5.96 Å². The molecule has 0 fully saturated rings. The van der Waals surface area contributed by atoms with Crippen molar-refractivity contribution >= 4 is 57.3 Å². The summed E-state index contributed by atoms with van der Waals surface area (Å²) in [7, 11) is 1.69. The van der Waals surface area contributed by atoms with Gasteiger partial charge in [-0.1, -0.05) is 30.3 Å². The summed E-state index contributed by atoms with van der Waals surface area (Å²) in [6.45, 7) is 3.04. The van der Waals surface area contributed by atoms with E-state index in [-0.39, 0.29) is 29.9 Å². The number of nitrogens with zero attached hydrogens (tertiary/aromatic N) is 1. The van der Waals surface area contributed by atoms with E-state index in [4.69, 9.17) is 4.74 Å². The number of rotatable bonds is 7. The van der Waals surface area contributed by atoms with Crippen LogP contribution in [0.3, 0.4) is 0 Å². The van der Waals surface area contributed by atoms with E-state index in [0.717, 1.165) is 20.5 Å². The molecule has 0 saturated heterocycles. The average Bonchev–Trinajstić information content (AvgIpc) is 3.18. The number of aliphatic imine (C=N–C) groups is 1. The molecule has 6 nitrogen and oxygen atoms in total. The van der Waals surface area contributed by atoms with Crippen LogP contribution in [0.2, 0.25) is 0 Å². The number of hydrogen-bond donors (Lipinski definition) is 3. The summed E-state index contributed by atoms with van der Waals surface area (Å²) in [5.41, 5.74) is 1.54. The van der Waals surface area contributed by atoms with Crippen LogP contribution in [0.5, 0.6) is 0 Å². The van der Waals surface area contributed by atoms with E-state index in [2.05, 4.69) is 21.7 Å². The van der Waals surface area contributed by atoms with Crippen molar-refractivity contribution in [3.63, 3.8) is 0 Å². The molecule has 1 unspecified atom stereocenters. The molecule has 0 radical (unpaired) electrons. The number of guanidine groups is 1. The summed E-state index contributed by atoms with van der Waals surface area (Å²) in [6, 6.07) is 17.4. The summed E-state index contributed by atoms with van der Waals surface area (Å²) in [4.78, 5) is 16.8. The van der Waals surface area contributed by atoms with Crippen LogP contribution in [0.1, 0.15) is 33.8 Å². The minimum atomic E-state index is -0.616. The molecule has 0 aliphatic heterocycles. The summed E-state index contributed by atoms with van der Waals surface area (Å²) in [5.74, 6) is 0.277. The monoisotopic (exact) mass is 539 g/mol. The molecule has 3 aromatic rings. The van der Waals surface area contributed by atoms with Gasteiger partial charge in [0, 0.05) is 29.7 Å². The maximum absolute atomic E-state index is 11.7. The molecule has 3 rings (SSSR count). The molecule has 3 N–H and O–H groups in total. The molecule has 1 aromatic heterocycles. The predicted molar refractivity (Wildman–Crippen MR) is 133 cm³/mol. The van der Waals surface area contributed by atoms with E-state index in [9.17, 15) is 9.90 Å². The van der Waals surface area contributed by atoms with Crippen molar-refractivity contribution < 1.29 is 14.6 Å². The maximum Gasteiger partial charge on any atom is 0.338 e. The number of carbonyl (C=O) groups excluding carboxylic acids is 1. The first-order chi connectivity index (χ1) is 14.1. The molecule has 0 bridgehead atoms. The minimum Gasteiger partial charge on any atom is -0.462 e. The Balaban J connectivity index is 0.00000320. The lowest BCUT2D eigenvalue weighted by Crippen LogP contribution is -2.38. The molecule has 0 amide bonds. The van der Waals surface area contributed by atoms with Crippen LogP contribution < -0.4 is 10.6 Å². The topological polar surface area (TPSA) is 83.0 Å². The van der Waals surface area contributed by atoms with Crippen molar-refractivity contribution in [2.24, 2.45) is 4.99 Å². The smallest absolute Gasteiger partial charge is 0.338 e. The molecule has 0 saturated carbocycles. The Morgan fingerprint density at radius 2 is 1.90 bits per heavy atom. The van der Waals surface area contributed by atoms with Crippen molar-refractivity contribution in [3.8, 4) is 0 Å². The lowest BCUT2D eigenvalue weighted by molar-refractivity contribution is 0.0526. The van der Waals surface area contributed by atoms with Gasteiger partial charge in [0.25, 0.3) is 0 Å². The van der Waals surface area contributed by atoms with Gasteiger partial charge >= 0.3 is 5.97 Å². The van der Waals surface area contributed by atoms with E-state index in [0.29, 0.717) is 31.2 Å². The summed E-state index contributed by atoms with van der Waals surface area (Å²) < 4.78 is 6.15. The third-order valence-electron chi connectivity index (χ3n) is 4.38. The van der Waals surface area contributed by atoms with Crippen molar-refractivity contribution in [1.29, 1.82) is 0 Å². The number of ether oxygens (including phenoxy) is 1. The fourth-order valence-electron chi connectivity index (χ4n) is 2.84. The standard InChI is InChI=1S/C22H25N3O3S.HI/c1-3-28-21(27)16-10-8-15(9-11-16)13-24-22(23-2)25-14-18(26)20-12-17-6-4-5-7-19(17)29-20;/h4-12,18,26H,3,13-14H2,1-2H3,(H2,23,24,25);1H. The van der Waals surface area contributed by atoms with Crippen molar-refractivity contribution in [2.45, 2.75) is 19.6 Å². The van der Waals surface area contributed by atoms with E-state index in [1.807, 2.05) is 36.4 Å². The second-order valence-corrected chi connectivity index (χ2v) is 7.54. The molecule has 1 heterocycles. The lowest BCUT2D eigenvalue weighted by Gasteiger charge is -2.14. The zero-order chi connectivity index (χ0) is 20.6. The SMILES string of the molecule is CCOC(=O)c1ccc(CNC(=NC)NCC(O)c2cc3ccccc3s2)cc1.I. The predicted octanol–water partition coefficient (Wildman–Crippen LogP) is 4.09. The number of fused-ring (bicyclic) bond motifs is 1. The number of halogens is 1. The Morgan fingerprint density at radius 3 is 2.57 bits per heavy atom. The number of esters is 1. The van der Waals surface area contributed by atoms with Crippen LogP contribution in [0.4, 0.5) is 0 Å². The molecule has 30 heavy (non-hydrogen) atoms. The van der Waals surface area contributed by atoms with Crippen molar-refractivity contribution in [3.05, 3.63) is 70.6 Å². The number of benzene rings is 2. The molecular weight excluding hydrogens is 513 g/mol. The Labute approximate surface area is 197 Å². The highest BCUT2D eigenvalue weighted by molar-refractivity contribution is 14.0. The zero-order valence-corrected chi connectivity index (χ0v) is 20.1. The average molecular weight is 539 g/mol. The van der Waals surface area contributed by atoms with Crippen LogP contribution in [0, 0.1) is 0 Å². The van der Waals surface area contributed by atoms with Gasteiger partial charge in [-0.2, -0.15) is 0 Å². The van der Waals surface area contributed by atoms with Gasteiger partial charge < -0.3 is 20.5 Å². The van der Waals surface area contributed by atoms with Gasteiger partial charge in [0.2, 0.25) is 0 Å². The Morgan fingerprint density at radius 1 is 1.17 bits per heavy atom. The fourth-order valence-corrected chi connectivity index (χ4v) is 3.89. The van der Waals surface area contributed by atoms with E-state index < -0.39 is 6.10 Å². The van der Waals surface area contributed by atoms with Crippen LogP contribution in [0.25, 0.3) is 10.1 Å².